The van der Waals surface area contributed by atoms with Gasteiger partial charge in [-0.05, 0) is 55.6 Å². The van der Waals surface area contributed by atoms with Crippen LogP contribution in [0.4, 0.5) is 0 Å². The van der Waals surface area contributed by atoms with E-state index in [1.807, 2.05) is 24.3 Å². The number of pyridine rings is 1. The number of halogens is 1. The topological polar surface area (TPSA) is 48.4 Å². The molecule has 2 heterocycles. The Kier molecular flexibility index (Phi) is 6.06. The molecule has 1 aromatic carbocycles. The first-order chi connectivity index (χ1) is 11.6. The number of aliphatic hydroxyl groups is 1. The highest BCUT2D eigenvalue weighted by molar-refractivity contribution is 6.31. The fourth-order valence-electron chi connectivity index (χ4n) is 3.34. The lowest BCUT2D eigenvalue weighted by Gasteiger charge is -2.31. The van der Waals surface area contributed by atoms with Crippen LogP contribution in [0.25, 0.3) is 10.9 Å². The molecular formula is C19H26ClN3O. The molecule has 0 radical (unpaired) electrons. The highest BCUT2D eigenvalue weighted by atomic mass is 35.5. The van der Waals surface area contributed by atoms with Crippen LogP contribution in [0.5, 0.6) is 0 Å². The summed E-state index contributed by atoms with van der Waals surface area (Å²) >= 11 is 6.19. The summed E-state index contributed by atoms with van der Waals surface area (Å²) in [5.41, 5.74) is 2.03. The van der Waals surface area contributed by atoms with Crippen molar-refractivity contribution in [2.75, 3.05) is 26.2 Å². The van der Waals surface area contributed by atoms with Crippen LogP contribution >= 0.6 is 11.6 Å². The maximum absolute atomic E-state index is 10.3. The Balaban J connectivity index is 1.51. The molecule has 0 bridgehead atoms. The van der Waals surface area contributed by atoms with Gasteiger partial charge in [0.25, 0.3) is 0 Å². The van der Waals surface area contributed by atoms with Crippen molar-refractivity contribution < 1.29 is 5.11 Å². The van der Waals surface area contributed by atoms with E-state index in [1.54, 1.807) is 6.20 Å². The molecule has 1 fully saturated rings. The number of benzene rings is 1. The second kappa shape index (κ2) is 8.26. The van der Waals surface area contributed by atoms with Gasteiger partial charge in [0.05, 0.1) is 11.6 Å². The molecule has 0 spiro atoms. The molecule has 0 amide bonds. The van der Waals surface area contributed by atoms with Crippen LogP contribution in [0.3, 0.4) is 0 Å². The molecule has 24 heavy (non-hydrogen) atoms. The van der Waals surface area contributed by atoms with E-state index in [0.717, 1.165) is 47.0 Å². The minimum atomic E-state index is -0.350. The Morgan fingerprint density at radius 1 is 1.38 bits per heavy atom. The minimum Gasteiger partial charge on any atom is -0.390 e. The lowest BCUT2D eigenvalue weighted by Crippen LogP contribution is -2.41. The Morgan fingerprint density at radius 2 is 2.17 bits per heavy atom. The van der Waals surface area contributed by atoms with Crippen molar-refractivity contribution >= 4 is 22.5 Å². The SMILES string of the molecule is CC1CCN(CC(O)CNCc2cc(Cl)cc3cccnc23)CC1. The van der Waals surface area contributed by atoms with Crippen LogP contribution in [0.1, 0.15) is 25.3 Å². The number of nitrogens with one attached hydrogen (secondary N) is 1. The molecule has 4 nitrogen and oxygen atoms in total. The van der Waals surface area contributed by atoms with Crippen molar-refractivity contribution in [3.05, 3.63) is 41.0 Å². The number of aliphatic hydroxyl groups excluding tert-OH is 1. The van der Waals surface area contributed by atoms with Gasteiger partial charge in [0.15, 0.2) is 0 Å². The predicted molar refractivity (Wildman–Crippen MR) is 99.3 cm³/mol. The van der Waals surface area contributed by atoms with E-state index in [2.05, 4.69) is 22.1 Å². The molecule has 2 aromatic rings. The Hall–Kier alpha value is -1.20. The molecule has 3 rings (SSSR count). The Labute approximate surface area is 148 Å². The number of fused-ring (bicyclic) bond motifs is 1. The number of rotatable bonds is 6. The molecule has 130 valence electrons. The van der Waals surface area contributed by atoms with E-state index in [-0.39, 0.29) is 6.10 Å². The number of piperidine rings is 1. The second-order valence-corrected chi connectivity index (χ2v) is 7.34. The van der Waals surface area contributed by atoms with Gasteiger partial charge in [-0.15, -0.1) is 0 Å². The van der Waals surface area contributed by atoms with E-state index in [4.69, 9.17) is 11.6 Å². The monoisotopic (exact) mass is 347 g/mol. The van der Waals surface area contributed by atoms with E-state index >= 15 is 0 Å². The summed E-state index contributed by atoms with van der Waals surface area (Å²) < 4.78 is 0. The summed E-state index contributed by atoms with van der Waals surface area (Å²) in [5, 5.41) is 15.4. The zero-order valence-corrected chi connectivity index (χ0v) is 15.0. The van der Waals surface area contributed by atoms with Gasteiger partial charge in [-0.1, -0.05) is 24.6 Å². The standard InChI is InChI=1S/C19H26ClN3O/c1-14-4-7-23(8-5-14)13-18(24)12-21-11-16-10-17(20)9-15-3-2-6-22-19(15)16/h2-3,6,9-10,14,18,21,24H,4-5,7-8,11-13H2,1H3. The van der Waals surface area contributed by atoms with Gasteiger partial charge in [-0.2, -0.15) is 0 Å². The molecule has 1 aliphatic heterocycles. The third-order valence-corrected chi connectivity index (χ3v) is 5.01. The Morgan fingerprint density at radius 3 is 2.96 bits per heavy atom. The van der Waals surface area contributed by atoms with Gasteiger partial charge in [0, 0.05) is 36.2 Å². The summed E-state index contributed by atoms with van der Waals surface area (Å²) in [5.74, 6) is 0.820. The molecular weight excluding hydrogens is 322 g/mol. The van der Waals surface area contributed by atoms with Gasteiger partial charge >= 0.3 is 0 Å². The molecule has 1 atom stereocenters. The number of hydrogen-bond acceptors (Lipinski definition) is 4. The van der Waals surface area contributed by atoms with Crippen LogP contribution in [-0.4, -0.2) is 47.3 Å². The van der Waals surface area contributed by atoms with Crippen molar-refractivity contribution in [2.24, 2.45) is 5.92 Å². The van der Waals surface area contributed by atoms with Crippen LogP contribution in [0.2, 0.25) is 5.02 Å². The summed E-state index contributed by atoms with van der Waals surface area (Å²) in [6.45, 7) is 6.48. The van der Waals surface area contributed by atoms with Crippen molar-refractivity contribution in [1.82, 2.24) is 15.2 Å². The fourth-order valence-corrected chi connectivity index (χ4v) is 3.59. The summed E-state index contributed by atoms with van der Waals surface area (Å²) in [4.78, 5) is 6.82. The molecule has 0 aliphatic carbocycles. The highest BCUT2D eigenvalue weighted by Gasteiger charge is 2.18. The van der Waals surface area contributed by atoms with Crippen molar-refractivity contribution in [1.29, 1.82) is 0 Å². The van der Waals surface area contributed by atoms with Crippen molar-refractivity contribution in [3.8, 4) is 0 Å². The fraction of sp³-hybridized carbons (Fsp3) is 0.526. The van der Waals surface area contributed by atoms with Gasteiger partial charge in [-0.3, -0.25) is 4.98 Å². The average Bonchev–Trinajstić information content (AvgIpc) is 2.57. The maximum Gasteiger partial charge on any atom is 0.0791 e. The van der Waals surface area contributed by atoms with Crippen LogP contribution < -0.4 is 5.32 Å². The average molecular weight is 348 g/mol. The first-order valence-corrected chi connectivity index (χ1v) is 9.14. The molecule has 2 N–H and O–H groups in total. The minimum absolute atomic E-state index is 0.350. The summed E-state index contributed by atoms with van der Waals surface area (Å²) in [6, 6.07) is 7.81. The van der Waals surface area contributed by atoms with Gasteiger partial charge in [-0.25, -0.2) is 0 Å². The lowest BCUT2D eigenvalue weighted by atomic mass is 9.99. The first kappa shape index (κ1) is 17.6. The molecule has 1 unspecified atom stereocenters. The zero-order valence-electron chi connectivity index (χ0n) is 14.2. The van der Waals surface area contributed by atoms with E-state index in [1.165, 1.54) is 12.8 Å². The first-order valence-electron chi connectivity index (χ1n) is 8.76. The quantitative estimate of drug-likeness (QED) is 0.843. The molecule has 1 aliphatic rings. The third kappa shape index (κ3) is 4.67. The Bertz CT molecular complexity index is 671. The number of β-amino-alcohol motifs (C(OH)–C–C–N with tert-alkyl or cyclic N) is 1. The molecule has 1 saturated heterocycles. The normalized spacial score (nSPS) is 18.1. The van der Waals surface area contributed by atoms with Crippen LogP contribution in [-0.2, 0) is 6.54 Å². The van der Waals surface area contributed by atoms with E-state index in [9.17, 15) is 5.11 Å². The summed E-state index contributed by atoms with van der Waals surface area (Å²) in [6.07, 6.45) is 3.92. The van der Waals surface area contributed by atoms with Crippen LogP contribution in [0, 0.1) is 5.92 Å². The maximum atomic E-state index is 10.3. The van der Waals surface area contributed by atoms with Crippen molar-refractivity contribution in [2.45, 2.75) is 32.4 Å². The predicted octanol–water partition coefficient (Wildman–Crippen LogP) is 3.07. The molecule has 0 saturated carbocycles. The largest absolute Gasteiger partial charge is 0.390 e. The van der Waals surface area contributed by atoms with Crippen LogP contribution in [0.15, 0.2) is 30.5 Å². The van der Waals surface area contributed by atoms with Gasteiger partial charge in [0.2, 0.25) is 0 Å². The third-order valence-electron chi connectivity index (χ3n) is 4.79. The number of hydrogen-bond donors (Lipinski definition) is 2. The zero-order chi connectivity index (χ0) is 16.9. The lowest BCUT2D eigenvalue weighted by molar-refractivity contribution is 0.0907. The van der Waals surface area contributed by atoms with E-state index in [0.29, 0.717) is 13.1 Å². The number of aromatic nitrogens is 1. The summed E-state index contributed by atoms with van der Waals surface area (Å²) in [7, 11) is 0. The van der Waals surface area contributed by atoms with Gasteiger partial charge in [0.1, 0.15) is 0 Å². The smallest absolute Gasteiger partial charge is 0.0791 e. The molecule has 1 aromatic heterocycles. The van der Waals surface area contributed by atoms with E-state index < -0.39 is 0 Å². The number of nitrogens with zero attached hydrogens (tertiary/aromatic N) is 2. The van der Waals surface area contributed by atoms with Gasteiger partial charge < -0.3 is 15.3 Å². The molecule has 5 heteroatoms. The van der Waals surface area contributed by atoms with Crippen molar-refractivity contribution in [3.63, 3.8) is 0 Å². The second-order valence-electron chi connectivity index (χ2n) is 6.91. The number of likely N-dealkylation sites (tertiary alicyclic amines) is 1. The highest BCUT2D eigenvalue weighted by Crippen LogP contribution is 2.22.